The van der Waals surface area contributed by atoms with Gasteiger partial charge in [-0.1, -0.05) is 18.2 Å². The molecule has 0 heterocycles. The lowest BCUT2D eigenvalue weighted by Gasteiger charge is -2.18. The fourth-order valence-electron chi connectivity index (χ4n) is 2.90. The number of halogens is 2. The van der Waals surface area contributed by atoms with E-state index in [1.807, 2.05) is 0 Å². The molecule has 3 atom stereocenters. The van der Waals surface area contributed by atoms with Crippen molar-refractivity contribution < 1.29 is 13.6 Å². The van der Waals surface area contributed by atoms with E-state index in [2.05, 4.69) is 23.0 Å². The van der Waals surface area contributed by atoms with Gasteiger partial charge in [0.05, 0.1) is 5.69 Å². The van der Waals surface area contributed by atoms with Crippen molar-refractivity contribution in [3.05, 3.63) is 42.0 Å². The van der Waals surface area contributed by atoms with Crippen LogP contribution in [0.15, 0.2) is 30.4 Å². The lowest BCUT2D eigenvalue weighted by Crippen LogP contribution is -2.37. The molecular formula is C14H14F2N2O. The molecule has 1 amide bonds. The molecule has 1 aromatic carbocycles. The third-order valence-electron chi connectivity index (χ3n) is 3.89. The van der Waals surface area contributed by atoms with Crippen LogP contribution >= 0.6 is 0 Å². The normalized spacial score (nSPS) is 27.6. The van der Waals surface area contributed by atoms with Gasteiger partial charge in [-0.15, -0.1) is 0 Å². The Morgan fingerprint density at radius 2 is 2.05 bits per heavy atom. The van der Waals surface area contributed by atoms with Gasteiger partial charge in [-0.25, -0.2) is 8.78 Å². The molecule has 1 aromatic rings. The topological polar surface area (TPSA) is 41.1 Å². The van der Waals surface area contributed by atoms with Crippen LogP contribution in [0.3, 0.4) is 0 Å². The summed E-state index contributed by atoms with van der Waals surface area (Å²) in [6.45, 7) is 0. The van der Waals surface area contributed by atoms with Crippen LogP contribution in [0.25, 0.3) is 0 Å². The number of fused-ring (bicyclic) bond motifs is 2. The third-order valence-corrected chi connectivity index (χ3v) is 3.89. The van der Waals surface area contributed by atoms with Gasteiger partial charge in [-0.05, 0) is 36.8 Å². The van der Waals surface area contributed by atoms with Crippen LogP contribution < -0.4 is 10.9 Å². The third kappa shape index (κ3) is 2.20. The van der Waals surface area contributed by atoms with Crippen molar-refractivity contribution in [2.24, 2.45) is 17.8 Å². The zero-order chi connectivity index (χ0) is 13.4. The second kappa shape index (κ2) is 4.64. The largest absolute Gasteiger partial charge is 0.296 e. The smallest absolute Gasteiger partial charge is 0.242 e. The second-order valence-electron chi connectivity index (χ2n) is 5.10. The number of allylic oxidation sites excluding steroid dienone is 2. The van der Waals surface area contributed by atoms with Gasteiger partial charge in [0.25, 0.3) is 0 Å². The molecule has 0 unspecified atom stereocenters. The number of benzene rings is 1. The summed E-state index contributed by atoms with van der Waals surface area (Å²) in [5.41, 5.74) is 4.85. The van der Waals surface area contributed by atoms with Crippen LogP contribution in [0.1, 0.15) is 12.8 Å². The van der Waals surface area contributed by atoms with E-state index in [1.54, 1.807) is 0 Å². The molecule has 1 fully saturated rings. The van der Waals surface area contributed by atoms with Crippen molar-refractivity contribution in [2.75, 3.05) is 5.43 Å². The number of rotatable bonds is 3. The molecule has 5 heteroatoms. The van der Waals surface area contributed by atoms with Crippen molar-refractivity contribution in [1.29, 1.82) is 0 Å². The number of hydrazine groups is 1. The molecule has 2 aliphatic rings. The predicted octanol–water partition coefficient (Wildman–Crippen LogP) is 2.62. The summed E-state index contributed by atoms with van der Waals surface area (Å²) in [7, 11) is 0. The van der Waals surface area contributed by atoms with Crippen LogP contribution in [0.5, 0.6) is 0 Å². The molecule has 3 nitrogen and oxygen atoms in total. The number of nitrogens with one attached hydrogen (secondary N) is 2. The highest BCUT2D eigenvalue weighted by Gasteiger charge is 2.39. The van der Waals surface area contributed by atoms with Crippen molar-refractivity contribution in [2.45, 2.75) is 12.8 Å². The molecule has 2 bridgehead atoms. The van der Waals surface area contributed by atoms with Gasteiger partial charge in [0.2, 0.25) is 5.91 Å². The van der Waals surface area contributed by atoms with E-state index < -0.39 is 11.6 Å². The van der Waals surface area contributed by atoms with E-state index in [4.69, 9.17) is 0 Å². The number of hydrogen-bond donors (Lipinski definition) is 2. The molecule has 3 rings (SSSR count). The fraction of sp³-hybridized carbons (Fsp3) is 0.357. The molecule has 0 aromatic heterocycles. The molecule has 0 spiro atoms. The van der Waals surface area contributed by atoms with Gasteiger partial charge in [0, 0.05) is 5.92 Å². The van der Waals surface area contributed by atoms with Gasteiger partial charge in [-0.2, -0.15) is 0 Å². The summed E-state index contributed by atoms with van der Waals surface area (Å²) in [5, 5.41) is 0. The van der Waals surface area contributed by atoms with E-state index in [9.17, 15) is 13.6 Å². The van der Waals surface area contributed by atoms with Crippen LogP contribution in [-0.2, 0) is 4.79 Å². The van der Waals surface area contributed by atoms with Gasteiger partial charge < -0.3 is 0 Å². The lowest BCUT2D eigenvalue weighted by molar-refractivity contribution is -0.125. The maximum Gasteiger partial charge on any atom is 0.242 e. The molecule has 0 saturated heterocycles. The van der Waals surface area contributed by atoms with Crippen molar-refractivity contribution in [3.63, 3.8) is 0 Å². The van der Waals surface area contributed by atoms with Crippen molar-refractivity contribution in [1.82, 2.24) is 5.43 Å². The van der Waals surface area contributed by atoms with E-state index in [0.717, 1.165) is 18.9 Å². The Morgan fingerprint density at radius 1 is 1.21 bits per heavy atom. The maximum atomic E-state index is 13.4. The van der Waals surface area contributed by atoms with Gasteiger partial charge in [-0.3, -0.25) is 15.6 Å². The molecule has 0 aliphatic heterocycles. The molecule has 2 aliphatic carbocycles. The Kier molecular flexibility index (Phi) is 2.97. The SMILES string of the molecule is O=C(NNc1cccc(F)c1F)[C@@H]1C[C@H]2C=C[C@@H]1C2. The quantitative estimate of drug-likeness (QED) is 0.651. The van der Waals surface area contributed by atoms with E-state index >= 15 is 0 Å². The first kappa shape index (κ1) is 12.1. The summed E-state index contributed by atoms with van der Waals surface area (Å²) in [6, 6.07) is 3.79. The highest BCUT2D eigenvalue weighted by molar-refractivity contribution is 5.81. The summed E-state index contributed by atoms with van der Waals surface area (Å²) >= 11 is 0. The summed E-state index contributed by atoms with van der Waals surface area (Å²) in [6.07, 6.45) is 6.07. The van der Waals surface area contributed by atoms with Crippen molar-refractivity contribution >= 4 is 11.6 Å². The second-order valence-corrected chi connectivity index (χ2v) is 5.10. The van der Waals surface area contributed by atoms with Crippen LogP contribution in [0.2, 0.25) is 0 Å². The molecular weight excluding hydrogens is 250 g/mol. The van der Waals surface area contributed by atoms with Crippen LogP contribution in [0.4, 0.5) is 14.5 Å². The number of carbonyl (C=O) groups excluding carboxylic acids is 1. The Balaban J connectivity index is 1.62. The lowest BCUT2D eigenvalue weighted by atomic mass is 9.93. The predicted molar refractivity (Wildman–Crippen MR) is 67.0 cm³/mol. The maximum absolute atomic E-state index is 13.4. The number of hydrogen-bond acceptors (Lipinski definition) is 2. The Bertz CT molecular complexity index is 544. The Hall–Kier alpha value is -1.91. The molecule has 100 valence electrons. The van der Waals surface area contributed by atoms with Gasteiger partial charge >= 0.3 is 0 Å². The first-order valence-corrected chi connectivity index (χ1v) is 6.33. The zero-order valence-electron chi connectivity index (χ0n) is 10.2. The Labute approximate surface area is 109 Å². The monoisotopic (exact) mass is 264 g/mol. The highest BCUT2D eigenvalue weighted by Crippen LogP contribution is 2.43. The van der Waals surface area contributed by atoms with E-state index in [0.29, 0.717) is 5.92 Å². The summed E-state index contributed by atoms with van der Waals surface area (Å²) < 4.78 is 26.4. The number of amides is 1. The average molecular weight is 264 g/mol. The number of anilines is 1. The minimum absolute atomic E-state index is 0.0629. The van der Waals surface area contributed by atoms with E-state index in [1.165, 1.54) is 12.1 Å². The first-order chi connectivity index (χ1) is 9.15. The molecule has 19 heavy (non-hydrogen) atoms. The minimum Gasteiger partial charge on any atom is -0.296 e. The average Bonchev–Trinajstić information content (AvgIpc) is 3.02. The minimum atomic E-state index is -0.990. The van der Waals surface area contributed by atoms with Crippen LogP contribution in [0, 0.1) is 29.4 Å². The van der Waals surface area contributed by atoms with Gasteiger partial charge in [0.1, 0.15) is 0 Å². The summed E-state index contributed by atoms with van der Waals surface area (Å²) in [4.78, 5) is 12.0. The molecule has 1 saturated carbocycles. The van der Waals surface area contributed by atoms with E-state index in [-0.39, 0.29) is 23.4 Å². The number of carbonyl (C=O) groups is 1. The molecule has 2 N–H and O–H groups in total. The first-order valence-electron chi connectivity index (χ1n) is 6.33. The van der Waals surface area contributed by atoms with Crippen LogP contribution in [-0.4, -0.2) is 5.91 Å². The highest BCUT2D eigenvalue weighted by atomic mass is 19.2. The fourth-order valence-corrected chi connectivity index (χ4v) is 2.90. The Morgan fingerprint density at radius 3 is 2.74 bits per heavy atom. The van der Waals surface area contributed by atoms with Crippen molar-refractivity contribution in [3.8, 4) is 0 Å². The summed E-state index contributed by atoms with van der Waals surface area (Å²) in [5.74, 6) is -1.40. The molecule has 0 radical (unpaired) electrons. The zero-order valence-corrected chi connectivity index (χ0v) is 10.2. The standard InChI is InChI=1S/C14H14F2N2O/c15-11-2-1-3-12(13(11)16)17-18-14(19)10-7-8-4-5-9(10)6-8/h1-5,8-10,17H,6-7H2,(H,18,19)/t8-,9+,10+/m0/s1. The van der Waals surface area contributed by atoms with Gasteiger partial charge in [0.15, 0.2) is 11.6 Å².